The molecular weight excluding hydrogens is 408 g/mol. The van der Waals surface area contributed by atoms with Crippen LogP contribution < -0.4 is 11.1 Å². The molecule has 0 unspecified atom stereocenters. The number of carbonyl (C=O) groups excluding carboxylic acids is 1. The topological polar surface area (TPSA) is 144 Å². The van der Waals surface area contributed by atoms with Gasteiger partial charge in [-0.3, -0.25) is 4.79 Å². The van der Waals surface area contributed by atoms with Gasteiger partial charge < -0.3 is 16.2 Å². The van der Waals surface area contributed by atoms with Gasteiger partial charge in [-0.25, -0.2) is 24.5 Å². The molecule has 3 aromatic heterocycles. The summed E-state index contributed by atoms with van der Waals surface area (Å²) >= 11 is 0. The van der Waals surface area contributed by atoms with E-state index in [0.29, 0.717) is 28.3 Å². The number of aromatic nitrogens is 6. The van der Waals surface area contributed by atoms with Crippen molar-refractivity contribution in [2.24, 2.45) is 0 Å². The molecule has 4 aromatic rings. The Labute approximate surface area is 183 Å². The second kappa shape index (κ2) is 7.26. The number of phenolic OH excluding ortho intramolecular Hbond substituents is 1. The SMILES string of the molecule is CCCCc1nc(-c2nc(N)c3c(n2)NC(=O)[C@]3(C)c2cccc(O)c2)cn2ncnc12. The van der Waals surface area contributed by atoms with Gasteiger partial charge in [0.2, 0.25) is 5.91 Å². The molecule has 5 rings (SSSR count). The predicted molar refractivity (Wildman–Crippen MR) is 118 cm³/mol. The van der Waals surface area contributed by atoms with Gasteiger partial charge in [0, 0.05) is 0 Å². The van der Waals surface area contributed by atoms with Gasteiger partial charge in [0.25, 0.3) is 0 Å². The summed E-state index contributed by atoms with van der Waals surface area (Å²) < 4.78 is 1.65. The number of aryl methyl sites for hydroxylation is 1. The lowest BCUT2D eigenvalue weighted by molar-refractivity contribution is -0.119. The van der Waals surface area contributed by atoms with E-state index in [2.05, 4.69) is 32.3 Å². The van der Waals surface area contributed by atoms with E-state index in [4.69, 9.17) is 10.7 Å². The van der Waals surface area contributed by atoms with Crippen molar-refractivity contribution in [2.45, 2.75) is 38.5 Å². The molecule has 4 heterocycles. The molecule has 32 heavy (non-hydrogen) atoms. The second-order valence-electron chi connectivity index (χ2n) is 7.99. The summed E-state index contributed by atoms with van der Waals surface area (Å²) in [6.45, 7) is 3.85. The monoisotopic (exact) mass is 430 g/mol. The van der Waals surface area contributed by atoms with Crippen molar-refractivity contribution in [2.75, 3.05) is 11.1 Å². The fourth-order valence-corrected chi connectivity index (χ4v) is 4.13. The first-order valence-electron chi connectivity index (χ1n) is 10.4. The summed E-state index contributed by atoms with van der Waals surface area (Å²) in [4.78, 5) is 31.1. The zero-order chi connectivity index (χ0) is 22.5. The minimum atomic E-state index is -1.13. The number of rotatable bonds is 5. The second-order valence-corrected chi connectivity index (χ2v) is 7.99. The number of hydrogen-bond donors (Lipinski definition) is 3. The number of benzene rings is 1. The maximum atomic E-state index is 13.0. The molecule has 0 fully saturated rings. The zero-order valence-electron chi connectivity index (χ0n) is 17.7. The van der Waals surface area contributed by atoms with E-state index in [0.717, 1.165) is 25.0 Å². The number of phenols is 1. The number of nitrogen functional groups attached to an aromatic ring is 1. The summed E-state index contributed by atoms with van der Waals surface area (Å²) in [5.41, 5.74) is 8.30. The number of nitrogens with zero attached hydrogens (tertiary/aromatic N) is 6. The molecule has 0 aliphatic carbocycles. The molecule has 0 saturated heterocycles. The van der Waals surface area contributed by atoms with Crippen LogP contribution in [0.5, 0.6) is 5.75 Å². The van der Waals surface area contributed by atoms with Gasteiger partial charge in [-0.15, -0.1) is 0 Å². The lowest BCUT2D eigenvalue weighted by Gasteiger charge is -2.23. The number of fused-ring (bicyclic) bond motifs is 2. The highest BCUT2D eigenvalue weighted by Gasteiger charge is 2.47. The van der Waals surface area contributed by atoms with Crippen LogP contribution in [0.4, 0.5) is 11.6 Å². The molecule has 1 atom stereocenters. The van der Waals surface area contributed by atoms with Crippen molar-refractivity contribution in [3.8, 4) is 17.3 Å². The van der Waals surface area contributed by atoms with E-state index in [1.54, 1.807) is 41.9 Å². The van der Waals surface area contributed by atoms with Crippen molar-refractivity contribution in [3.63, 3.8) is 0 Å². The maximum Gasteiger partial charge on any atom is 0.240 e. The third-order valence-electron chi connectivity index (χ3n) is 5.87. The largest absolute Gasteiger partial charge is 0.508 e. The molecule has 10 nitrogen and oxygen atoms in total. The van der Waals surface area contributed by atoms with Crippen molar-refractivity contribution in [1.29, 1.82) is 0 Å². The van der Waals surface area contributed by atoms with Crippen molar-refractivity contribution in [3.05, 3.63) is 53.6 Å². The first kappa shape index (κ1) is 19.9. The minimum absolute atomic E-state index is 0.0611. The molecule has 10 heteroatoms. The zero-order valence-corrected chi connectivity index (χ0v) is 17.7. The van der Waals surface area contributed by atoms with Crippen LogP contribution >= 0.6 is 0 Å². The van der Waals surface area contributed by atoms with E-state index in [1.165, 1.54) is 6.33 Å². The normalized spacial score (nSPS) is 17.5. The lowest BCUT2D eigenvalue weighted by atomic mass is 9.77. The number of amides is 1. The third-order valence-corrected chi connectivity index (χ3v) is 5.87. The Kier molecular flexibility index (Phi) is 4.50. The van der Waals surface area contributed by atoms with Crippen LogP contribution in [0, 0.1) is 0 Å². The number of aromatic hydroxyl groups is 1. The number of unbranched alkanes of at least 4 members (excludes halogenated alkanes) is 1. The Morgan fingerprint density at radius 1 is 1.25 bits per heavy atom. The Hall–Kier alpha value is -4.08. The van der Waals surface area contributed by atoms with Crippen LogP contribution in [-0.4, -0.2) is 40.6 Å². The van der Waals surface area contributed by atoms with E-state index < -0.39 is 5.41 Å². The smallest absolute Gasteiger partial charge is 0.240 e. The van der Waals surface area contributed by atoms with E-state index in [9.17, 15) is 9.90 Å². The quantitative estimate of drug-likeness (QED) is 0.438. The average molecular weight is 430 g/mol. The highest BCUT2D eigenvalue weighted by Crippen LogP contribution is 2.45. The van der Waals surface area contributed by atoms with Crippen LogP contribution in [0.2, 0.25) is 0 Å². The van der Waals surface area contributed by atoms with Crippen molar-refractivity contribution in [1.82, 2.24) is 29.5 Å². The van der Waals surface area contributed by atoms with Gasteiger partial charge in [0.05, 0.1) is 17.5 Å². The fraction of sp³-hybridized carbons (Fsp3) is 0.273. The van der Waals surface area contributed by atoms with Crippen molar-refractivity contribution < 1.29 is 9.90 Å². The highest BCUT2D eigenvalue weighted by molar-refractivity contribution is 6.09. The molecular formula is C22H22N8O2. The highest BCUT2D eigenvalue weighted by atomic mass is 16.3. The van der Waals surface area contributed by atoms with Gasteiger partial charge in [-0.05, 0) is 37.5 Å². The molecule has 0 saturated carbocycles. The summed E-state index contributed by atoms with van der Waals surface area (Å²) in [5.74, 6) is 0.561. The number of carbonyl (C=O) groups is 1. The van der Waals surface area contributed by atoms with E-state index in [-0.39, 0.29) is 23.3 Å². The number of hydrogen-bond acceptors (Lipinski definition) is 8. The summed E-state index contributed by atoms with van der Waals surface area (Å²) in [5, 5.41) is 17.0. The first-order valence-corrected chi connectivity index (χ1v) is 10.4. The van der Waals surface area contributed by atoms with Crippen LogP contribution in [0.1, 0.15) is 43.5 Å². The maximum absolute atomic E-state index is 13.0. The molecule has 4 N–H and O–H groups in total. The molecule has 0 bridgehead atoms. The number of nitrogens with one attached hydrogen (secondary N) is 1. The minimum Gasteiger partial charge on any atom is -0.508 e. The Morgan fingerprint density at radius 3 is 2.88 bits per heavy atom. The lowest BCUT2D eigenvalue weighted by Crippen LogP contribution is -2.32. The van der Waals surface area contributed by atoms with Crippen LogP contribution in [0.3, 0.4) is 0 Å². The van der Waals surface area contributed by atoms with E-state index >= 15 is 0 Å². The molecule has 0 spiro atoms. The molecule has 162 valence electrons. The predicted octanol–water partition coefficient (Wildman–Crippen LogP) is 2.47. The van der Waals surface area contributed by atoms with Crippen LogP contribution in [-0.2, 0) is 16.6 Å². The Morgan fingerprint density at radius 2 is 2.09 bits per heavy atom. The number of nitrogens with two attached hydrogens (primary N) is 1. The van der Waals surface area contributed by atoms with Gasteiger partial charge in [0.1, 0.15) is 34.8 Å². The fourth-order valence-electron chi connectivity index (χ4n) is 4.13. The Bertz CT molecular complexity index is 1370. The average Bonchev–Trinajstić information content (AvgIpc) is 3.35. The molecule has 1 aliphatic rings. The Balaban J connectivity index is 1.64. The number of anilines is 2. The van der Waals surface area contributed by atoms with Gasteiger partial charge in [0.15, 0.2) is 11.5 Å². The van der Waals surface area contributed by atoms with Gasteiger partial charge in [-0.1, -0.05) is 25.5 Å². The van der Waals surface area contributed by atoms with E-state index in [1.807, 2.05) is 0 Å². The molecule has 0 radical (unpaired) electrons. The first-order chi connectivity index (χ1) is 15.4. The summed E-state index contributed by atoms with van der Waals surface area (Å²) in [6, 6.07) is 6.54. The van der Waals surface area contributed by atoms with Crippen molar-refractivity contribution >= 4 is 23.2 Å². The molecule has 1 aliphatic heterocycles. The molecule has 1 aromatic carbocycles. The summed E-state index contributed by atoms with van der Waals surface area (Å²) in [7, 11) is 0. The molecule has 1 amide bonds. The third kappa shape index (κ3) is 2.95. The van der Waals surface area contributed by atoms with Gasteiger partial charge in [-0.2, -0.15) is 5.10 Å². The van der Waals surface area contributed by atoms with Gasteiger partial charge >= 0.3 is 0 Å². The van der Waals surface area contributed by atoms with Crippen LogP contribution in [0.15, 0.2) is 36.8 Å². The van der Waals surface area contributed by atoms with Crippen LogP contribution in [0.25, 0.3) is 17.2 Å². The standard InChI is InChI=1S/C22H22N8O2/c1-3-4-8-14-20-24-11-25-30(20)10-15(26-14)18-27-17(23)16-19(28-18)29-21(32)22(16,2)12-6-5-7-13(31)9-12/h5-7,9-11,31H,3-4,8H2,1-2H3,(H3,23,27,28,29,32)/t22-/m1/s1. The summed E-state index contributed by atoms with van der Waals surface area (Å²) in [6.07, 6.45) is 5.91.